The third-order valence-corrected chi connectivity index (χ3v) is 6.11. The van der Waals surface area contributed by atoms with Gasteiger partial charge in [-0.3, -0.25) is 9.36 Å². The highest BCUT2D eigenvalue weighted by Crippen LogP contribution is 2.29. The lowest BCUT2D eigenvalue weighted by Crippen LogP contribution is -2.25. The molecule has 0 aliphatic heterocycles. The number of carbonyl (C=O) groups is 1. The van der Waals surface area contributed by atoms with Crippen LogP contribution in [0.15, 0.2) is 61.3 Å². The first-order valence-electron chi connectivity index (χ1n) is 11.3. The molecule has 0 saturated heterocycles. The lowest BCUT2D eigenvalue weighted by molar-refractivity contribution is 0.0951. The number of benzene rings is 2. The van der Waals surface area contributed by atoms with Gasteiger partial charge in [-0.25, -0.2) is 19.9 Å². The first kappa shape index (κ1) is 20.3. The average molecular weight is 450 g/mol. The van der Waals surface area contributed by atoms with Gasteiger partial charge in [0.15, 0.2) is 5.65 Å². The molecule has 0 spiro atoms. The van der Waals surface area contributed by atoms with Crippen molar-refractivity contribution in [2.45, 2.75) is 32.7 Å². The van der Waals surface area contributed by atoms with E-state index in [0.717, 1.165) is 52.4 Å². The predicted molar refractivity (Wildman–Crippen MR) is 130 cm³/mol. The summed E-state index contributed by atoms with van der Waals surface area (Å²) in [7, 11) is 0. The lowest BCUT2D eigenvalue weighted by Gasteiger charge is -2.11. The molecule has 1 aliphatic carbocycles. The number of nitrogens with one attached hydrogen (secondary N) is 2. The van der Waals surface area contributed by atoms with E-state index < -0.39 is 0 Å². The second-order valence-corrected chi connectivity index (χ2v) is 8.75. The highest BCUT2D eigenvalue weighted by atomic mass is 16.1. The Morgan fingerprint density at radius 2 is 1.79 bits per heavy atom. The molecule has 5 aromatic rings. The number of H-pyrrole nitrogens is 1. The Bertz CT molecular complexity index is 1530. The molecule has 2 N–H and O–H groups in total. The lowest BCUT2D eigenvalue weighted by atomic mass is 10.1. The molecule has 8 nitrogen and oxygen atoms in total. The first-order chi connectivity index (χ1) is 16.6. The quantitative estimate of drug-likeness (QED) is 0.415. The molecule has 0 unspecified atom stereocenters. The summed E-state index contributed by atoms with van der Waals surface area (Å²) in [5.74, 6) is 0.789. The Balaban J connectivity index is 1.38. The van der Waals surface area contributed by atoms with Crippen LogP contribution in [0.2, 0.25) is 0 Å². The normalized spacial score (nSPS) is 13.4. The molecular formula is C26H23N7O. The van der Waals surface area contributed by atoms with Crippen LogP contribution in [0.5, 0.6) is 0 Å². The minimum absolute atomic E-state index is 0.0460. The fraction of sp³-hybridized carbons (Fsp3) is 0.192. The van der Waals surface area contributed by atoms with E-state index in [9.17, 15) is 4.79 Å². The van der Waals surface area contributed by atoms with Crippen molar-refractivity contribution in [2.75, 3.05) is 0 Å². The molecule has 6 rings (SSSR count). The second kappa shape index (κ2) is 7.91. The Morgan fingerprint density at radius 3 is 2.53 bits per heavy atom. The molecule has 34 heavy (non-hydrogen) atoms. The zero-order valence-electron chi connectivity index (χ0n) is 18.9. The molecule has 0 bridgehead atoms. The molecule has 3 aromatic heterocycles. The molecule has 8 heteroatoms. The Hall–Kier alpha value is -4.33. The number of rotatable bonds is 5. The number of hydrogen-bond acceptors (Lipinski definition) is 5. The van der Waals surface area contributed by atoms with Gasteiger partial charge in [0.05, 0.1) is 5.69 Å². The highest BCUT2D eigenvalue weighted by molar-refractivity contribution is 5.95. The molecule has 1 saturated carbocycles. The van der Waals surface area contributed by atoms with Crippen molar-refractivity contribution < 1.29 is 4.79 Å². The molecule has 1 fully saturated rings. The van der Waals surface area contributed by atoms with E-state index in [2.05, 4.69) is 30.2 Å². The molecule has 2 aromatic carbocycles. The summed E-state index contributed by atoms with van der Waals surface area (Å²) in [6.45, 7) is 4.00. The largest absolute Gasteiger partial charge is 0.349 e. The third-order valence-electron chi connectivity index (χ3n) is 6.11. The van der Waals surface area contributed by atoms with Gasteiger partial charge in [-0.1, -0.05) is 30.3 Å². The van der Waals surface area contributed by atoms with Gasteiger partial charge in [0, 0.05) is 34.6 Å². The van der Waals surface area contributed by atoms with Crippen LogP contribution < -0.4 is 5.32 Å². The van der Waals surface area contributed by atoms with E-state index in [-0.39, 0.29) is 5.91 Å². The number of nitrogens with zero attached hydrogens (tertiary/aromatic N) is 5. The van der Waals surface area contributed by atoms with E-state index in [0.29, 0.717) is 22.8 Å². The molecule has 3 heterocycles. The van der Waals surface area contributed by atoms with E-state index in [1.165, 1.54) is 0 Å². The van der Waals surface area contributed by atoms with Gasteiger partial charge < -0.3 is 10.3 Å². The predicted octanol–water partition coefficient (Wildman–Crippen LogP) is 4.38. The summed E-state index contributed by atoms with van der Waals surface area (Å²) in [5, 5.41) is 3.05. The van der Waals surface area contributed by atoms with Crippen molar-refractivity contribution in [3.8, 4) is 28.3 Å². The summed E-state index contributed by atoms with van der Waals surface area (Å²) in [6, 6.07) is 14.1. The topological polar surface area (TPSA) is 101 Å². The maximum absolute atomic E-state index is 12.6. The summed E-state index contributed by atoms with van der Waals surface area (Å²) < 4.78 is 1.92. The van der Waals surface area contributed by atoms with Crippen LogP contribution in [-0.4, -0.2) is 41.4 Å². The van der Waals surface area contributed by atoms with E-state index in [1.807, 2.05) is 67.1 Å². The maximum atomic E-state index is 12.6. The molecular weight excluding hydrogens is 426 g/mol. The van der Waals surface area contributed by atoms with Crippen molar-refractivity contribution in [3.05, 3.63) is 78.1 Å². The number of fused-ring (bicyclic) bond motifs is 1. The fourth-order valence-corrected chi connectivity index (χ4v) is 4.07. The van der Waals surface area contributed by atoms with Crippen LogP contribution in [-0.2, 0) is 0 Å². The number of carbonyl (C=O) groups excluding carboxylic acids is 1. The minimum atomic E-state index is -0.0460. The van der Waals surface area contributed by atoms with Crippen molar-refractivity contribution in [3.63, 3.8) is 0 Å². The maximum Gasteiger partial charge on any atom is 0.251 e. The van der Waals surface area contributed by atoms with Crippen LogP contribution in [0.1, 0.15) is 34.5 Å². The van der Waals surface area contributed by atoms with Gasteiger partial charge in [0.25, 0.3) is 5.91 Å². The summed E-state index contributed by atoms with van der Waals surface area (Å²) >= 11 is 0. The summed E-state index contributed by atoms with van der Waals surface area (Å²) in [4.78, 5) is 33.9. The average Bonchev–Trinajstić information content (AvgIpc) is 3.39. The highest BCUT2D eigenvalue weighted by Gasteiger charge is 2.24. The Morgan fingerprint density at radius 1 is 1.00 bits per heavy atom. The Labute approximate surface area is 196 Å². The van der Waals surface area contributed by atoms with Gasteiger partial charge in [-0.15, -0.1) is 0 Å². The van der Waals surface area contributed by atoms with Crippen molar-refractivity contribution in [1.29, 1.82) is 0 Å². The SMILES string of the molecule is Cc1cnc(-c2ccc(-c3ncnc4c3ncn4-c3cc(C(=O)NC4CC4)ccc3C)cc2)[nH]1. The van der Waals surface area contributed by atoms with E-state index in [1.54, 1.807) is 12.7 Å². The van der Waals surface area contributed by atoms with Crippen LogP contribution in [0.4, 0.5) is 0 Å². The summed E-state index contributed by atoms with van der Waals surface area (Å²) in [5.41, 5.74) is 7.66. The minimum Gasteiger partial charge on any atom is -0.349 e. The van der Waals surface area contributed by atoms with Crippen molar-refractivity contribution in [1.82, 2.24) is 34.8 Å². The number of aromatic amines is 1. The van der Waals surface area contributed by atoms with E-state index in [4.69, 9.17) is 0 Å². The van der Waals surface area contributed by atoms with Gasteiger partial charge in [-0.2, -0.15) is 0 Å². The van der Waals surface area contributed by atoms with Crippen molar-refractivity contribution >= 4 is 17.1 Å². The number of imidazole rings is 2. The van der Waals surface area contributed by atoms with Gasteiger partial charge in [-0.05, 0) is 44.4 Å². The fourth-order valence-electron chi connectivity index (χ4n) is 4.07. The standard InChI is InChI=1S/C26H23N7O/c1-15-3-4-19(26(34)32-20-9-10-20)11-21(15)33-14-30-23-22(28-13-29-25(23)33)17-5-7-18(8-6-17)24-27-12-16(2)31-24/h3-8,11-14,20H,9-10H2,1-2H3,(H,27,31)(H,32,34). The van der Waals surface area contributed by atoms with Crippen LogP contribution >= 0.6 is 0 Å². The van der Waals surface area contributed by atoms with Gasteiger partial charge in [0.2, 0.25) is 0 Å². The zero-order valence-corrected chi connectivity index (χ0v) is 18.9. The number of aryl methyl sites for hydroxylation is 2. The van der Waals surface area contributed by atoms with Crippen LogP contribution in [0.25, 0.3) is 39.5 Å². The smallest absolute Gasteiger partial charge is 0.251 e. The molecule has 168 valence electrons. The first-order valence-corrected chi connectivity index (χ1v) is 11.3. The van der Waals surface area contributed by atoms with Crippen LogP contribution in [0.3, 0.4) is 0 Å². The summed E-state index contributed by atoms with van der Waals surface area (Å²) in [6.07, 6.45) is 7.22. The third kappa shape index (κ3) is 3.63. The monoisotopic (exact) mass is 449 g/mol. The molecule has 0 radical (unpaired) electrons. The zero-order chi connectivity index (χ0) is 23.2. The van der Waals surface area contributed by atoms with E-state index >= 15 is 0 Å². The Kier molecular flexibility index (Phi) is 4.72. The molecule has 1 aliphatic rings. The van der Waals surface area contributed by atoms with Crippen LogP contribution in [0, 0.1) is 13.8 Å². The second-order valence-electron chi connectivity index (χ2n) is 8.75. The van der Waals surface area contributed by atoms with Crippen molar-refractivity contribution in [2.24, 2.45) is 0 Å². The van der Waals surface area contributed by atoms with Gasteiger partial charge in [0.1, 0.15) is 29.7 Å². The number of aromatic nitrogens is 6. The number of amides is 1. The molecule has 1 amide bonds. The van der Waals surface area contributed by atoms with Gasteiger partial charge >= 0.3 is 0 Å². The molecule has 0 atom stereocenters. The number of hydrogen-bond donors (Lipinski definition) is 2.